The summed E-state index contributed by atoms with van der Waals surface area (Å²) in [6.45, 7) is 2.24. The summed E-state index contributed by atoms with van der Waals surface area (Å²) in [6, 6.07) is 4.93. The van der Waals surface area contributed by atoms with Gasteiger partial charge in [0.15, 0.2) is 14.7 Å². The fraction of sp³-hybridized carbons (Fsp3) is 0.423. The zero-order valence-electron chi connectivity index (χ0n) is 22.0. The maximum Gasteiger partial charge on any atom is 0.281 e. The number of unbranched alkanes of at least 4 members (excludes halogenated alkanes) is 1. The highest BCUT2D eigenvalue weighted by molar-refractivity contribution is 7.92. The van der Waals surface area contributed by atoms with Crippen LogP contribution in [0.1, 0.15) is 48.9 Å². The number of piperidine rings is 1. The molecule has 1 amide bonds. The van der Waals surface area contributed by atoms with Gasteiger partial charge in [-0.05, 0) is 31.4 Å². The van der Waals surface area contributed by atoms with Gasteiger partial charge < -0.3 is 19.5 Å². The number of nitrogens with zero attached hydrogens (tertiary/aromatic N) is 5. The lowest BCUT2D eigenvalue weighted by Crippen LogP contribution is -2.44. The number of benzene rings is 1. The van der Waals surface area contributed by atoms with Crippen LogP contribution in [0.15, 0.2) is 46.5 Å². The average Bonchev–Trinajstić information content (AvgIpc) is 2.95. The van der Waals surface area contributed by atoms with Gasteiger partial charge in [0.05, 0.1) is 25.7 Å². The zero-order valence-corrected chi connectivity index (χ0v) is 22.8. The van der Waals surface area contributed by atoms with Gasteiger partial charge in [0, 0.05) is 31.9 Å². The minimum Gasteiger partial charge on any atom is -0.494 e. The van der Waals surface area contributed by atoms with Crippen LogP contribution in [0.3, 0.4) is 0 Å². The predicted octanol–water partition coefficient (Wildman–Crippen LogP) is 2.17. The highest BCUT2D eigenvalue weighted by Gasteiger charge is 2.38. The third kappa shape index (κ3) is 5.44. The number of hydrogen-bond acceptors (Lipinski definition) is 10. The number of methoxy groups -OCH3 is 2. The van der Waals surface area contributed by atoms with Crippen LogP contribution in [0.2, 0.25) is 0 Å². The molecule has 0 atom stereocenters. The monoisotopic (exact) mass is 557 g/mol. The molecule has 4 rings (SSSR count). The Morgan fingerprint density at radius 2 is 1.79 bits per heavy atom. The van der Waals surface area contributed by atoms with Gasteiger partial charge >= 0.3 is 0 Å². The number of sulfone groups is 1. The van der Waals surface area contributed by atoms with E-state index in [1.165, 1.54) is 37.7 Å². The van der Waals surface area contributed by atoms with Gasteiger partial charge in [-0.2, -0.15) is 4.98 Å². The van der Waals surface area contributed by atoms with Crippen molar-refractivity contribution in [3.8, 4) is 23.1 Å². The first kappa shape index (κ1) is 28.0. The number of para-hydroxylation sites is 1. The zero-order chi connectivity index (χ0) is 28.2. The number of amides is 1. The van der Waals surface area contributed by atoms with E-state index in [1.807, 2.05) is 6.92 Å². The molecule has 0 radical (unpaired) electrons. The minimum atomic E-state index is -4.34. The van der Waals surface area contributed by atoms with Crippen molar-refractivity contribution in [3.63, 3.8) is 0 Å². The van der Waals surface area contributed by atoms with Crippen molar-refractivity contribution in [1.82, 2.24) is 24.4 Å². The molecule has 0 saturated carbocycles. The maximum absolute atomic E-state index is 14.0. The van der Waals surface area contributed by atoms with Crippen molar-refractivity contribution < 1.29 is 27.8 Å². The van der Waals surface area contributed by atoms with E-state index in [0.717, 1.165) is 11.0 Å². The third-order valence-electron chi connectivity index (χ3n) is 6.71. The number of carbonyl (C=O) groups excluding carboxylic acids is 1. The summed E-state index contributed by atoms with van der Waals surface area (Å²) >= 11 is 0. The molecule has 208 valence electrons. The Kier molecular flexibility index (Phi) is 8.48. The van der Waals surface area contributed by atoms with E-state index in [1.54, 1.807) is 18.2 Å². The Morgan fingerprint density at radius 3 is 2.36 bits per heavy atom. The molecule has 0 unspecified atom stereocenters. The first-order chi connectivity index (χ1) is 18.7. The van der Waals surface area contributed by atoms with E-state index >= 15 is 0 Å². The Morgan fingerprint density at radius 1 is 1.13 bits per heavy atom. The van der Waals surface area contributed by atoms with Crippen LogP contribution in [-0.2, 0) is 16.3 Å². The summed E-state index contributed by atoms with van der Waals surface area (Å²) < 4.78 is 39.7. The van der Waals surface area contributed by atoms with Crippen LogP contribution in [0.25, 0.3) is 5.69 Å². The topological polar surface area (TPSA) is 154 Å². The normalized spacial score (nSPS) is 14.3. The number of carbonyl (C=O) groups is 1. The number of likely N-dealkylation sites (tertiary alicyclic amines) is 1. The second-order valence-corrected chi connectivity index (χ2v) is 11.2. The van der Waals surface area contributed by atoms with Gasteiger partial charge in [0.1, 0.15) is 28.7 Å². The van der Waals surface area contributed by atoms with Crippen molar-refractivity contribution in [1.29, 1.82) is 0 Å². The highest BCUT2D eigenvalue weighted by Crippen LogP contribution is 2.34. The summed E-state index contributed by atoms with van der Waals surface area (Å²) in [5.41, 5.74) is -0.571. The Labute approximate surface area is 226 Å². The maximum atomic E-state index is 14.0. The smallest absolute Gasteiger partial charge is 0.281 e. The van der Waals surface area contributed by atoms with Crippen LogP contribution >= 0.6 is 0 Å². The molecule has 0 spiro atoms. The largest absolute Gasteiger partial charge is 0.494 e. The van der Waals surface area contributed by atoms with Gasteiger partial charge in [0.25, 0.3) is 11.5 Å². The molecular weight excluding hydrogens is 526 g/mol. The van der Waals surface area contributed by atoms with Gasteiger partial charge in [0.2, 0.25) is 5.88 Å². The van der Waals surface area contributed by atoms with Gasteiger partial charge in [-0.25, -0.2) is 13.4 Å². The van der Waals surface area contributed by atoms with E-state index in [9.17, 15) is 23.1 Å². The second-order valence-electron chi connectivity index (χ2n) is 9.06. The predicted molar refractivity (Wildman–Crippen MR) is 141 cm³/mol. The minimum absolute atomic E-state index is 0.0722. The van der Waals surface area contributed by atoms with Crippen molar-refractivity contribution in [2.75, 3.05) is 27.3 Å². The number of hydrogen-bond donors (Lipinski definition) is 1. The number of aromatic hydroxyl groups is 1. The van der Waals surface area contributed by atoms with E-state index in [-0.39, 0.29) is 60.5 Å². The van der Waals surface area contributed by atoms with Crippen molar-refractivity contribution in [2.45, 2.75) is 49.2 Å². The molecule has 1 aromatic carbocycles. The molecule has 12 nitrogen and oxygen atoms in total. The summed E-state index contributed by atoms with van der Waals surface area (Å²) in [5.74, 6) is -0.448. The standard InChI is InChI=1S/C26H31N5O7S/c1-4-5-9-21-29-24(32)23(26(34)31(21)22-19(37-2)7-6-8-20(22)38-3)39(35,36)17-10-14-30(15-11-17)25(33)18-16-27-12-13-28-18/h6-8,12-13,16-17,32H,4-5,9-11,14-15H2,1-3H3. The van der Waals surface area contributed by atoms with E-state index in [0.29, 0.717) is 12.8 Å². The van der Waals surface area contributed by atoms with Gasteiger partial charge in [-0.15, -0.1) is 0 Å². The number of aromatic nitrogens is 4. The van der Waals surface area contributed by atoms with E-state index in [4.69, 9.17) is 9.47 Å². The summed E-state index contributed by atoms with van der Waals surface area (Å²) in [6.07, 6.45) is 6.10. The second kappa shape index (κ2) is 11.8. The quantitative estimate of drug-likeness (QED) is 0.414. The molecule has 1 saturated heterocycles. The van der Waals surface area contributed by atoms with Crippen molar-refractivity contribution >= 4 is 15.7 Å². The molecule has 1 N–H and O–H groups in total. The highest BCUT2D eigenvalue weighted by atomic mass is 32.2. The lowest BCUT2D eigenvalue weighted by atomic mass is 10.1. The first-order valence-electron chi connectivity index (χ1n) is 12.6. The van der Waals surface area contributed by atoms with Gasteiger partial charge in [-0.3, -0.25) is 19.1 Å². The summed E-state index contributed by atoms with van der Waals surface area (Å²) in [7, 11) is -1.48. The van der Waals surface area contributed by atoms with E-state index in [2.05, 4.69) is 15.0 Å². The Hall–Kier alpha value is -4.00. The molecule has 0 aliphatic carbocycles. The van der Waals surface area contributed by atoms with Crippen LogP contribution in [0.5, 0.6) is 17.4 Å². The summed E-state index contributed by atoms with van der Waals surface area (Å²) in [5, 5.41) is 9.80. The third-order valence-corrected chi connectivity index (χ3v) is 8.98. The molecule has 39 heavy (non-hydrogen) atoms. The number of rotatable bonds is 9. The lowest BCUT2D eigenvalue weighted by molar-refractivity contribution is 0.0719. The molecule has 0 bridgehead atoms. The molecule has 1 fully saturated rings. The van der Waals surface area contributed by atoms with Crippen LogP contribution < -0.4 is 15.0 Å². The van der Waals surface area contributed by atoms with Gasteiger partial charge in [-0.1, -0.05) is 19.4 Å². The molecular formula is C26H31N5O7S. The van der Waals surface area contributed by atoms with Crippen LogP contribution in [0.4, 0.5) is 0 Å². The molecule has 2 aromatic heterocycles. The fourth-order valence-corrected chi connectivity index (χ4v) is 6.48. The lowest BCUT2D eigenvalue weighted by Gasteiger charge is -2.31. The summed E-state index contributed by atoms with van der Waals surface area (Å²) in [4.78, 5) is 39.5. The van der Waals surface area contributed by atoms with Crippen LogP contribution in [0, 0.1) is 0 Å². The molecule has 3 heterocycles. The SMILES string of the molecule is CCCCc1nc(O)c(S(=O)(=O)C2CCN(C(=O)c3cnccn3)CC2)c(=O)n1-c1c(OC)cccc1OC. The number of ether oxygens (including phenoxy) is 2. The Balaban J connectivity index is 1.75. The average molecular weight is 558 g/mol. The van der Waals surface area contributed by atoms with Crippen LogP contribution in [-0.4, -0.2) is 76.4 Å². The molecule has 13 heteroatoms. The van der Waals surface area contributed by atoms with E-state index < -0.39 is 31.4 Å². The first-order valence-corrected chi connectivity index (χ1v) is 14.1. The van der Waals surface area contributed by atoms with Crippen molar-refractivity contribution in [2.24, 2.45) is 0 Å². The molecule has 1 aliphatic heterocycles. The van der Waals surface area contributed by atoms with Crippen molar-refractivity contribution in [3.05, 3.63) is 58.7 Å². The molecule has 3 aromatic rings. The number of aryl methyl sites for hydroxylation is 1. The fourth-order valence-electron chi connectivity index (χ4n) is 4.68. The Bertz CT molecular complexity index is 1480. The molecule has 1 aliphatic rings.